The van der Waals surface area contributed by atoms with Crippen LogP contribution in [0.4, 0.5) is 26.1 Å². The van der Waals surface area contributed by atoms with E-state index in [1.54, 1.807) is 14.0 Å². The number of halogens is 2. The Balaban J connectivity index is 1.21. The molecular weight excluding hydrogens is 504 g/mol. The van der Waals surface area contributed by atoms with Gasteiger partial charge in [0.2, 0.25) is 5.95 Å². The topological polar surface area (TPSA) is 80.8 Å². The zero-order chi connectivity index (χ0) is 27.4. The van der Waals surface area contributed by atoms with E-state index in [1.807, 2.05) is 12.1 Å². The molecule has 208 valence electrons. The van der Waals surface area contributed by atoms with Crippen molar-refractivity contribution in [3.63, 3.8) is 0 Å². The van der Waals surface area contributed by atoms with Crippen molar-refractivity contribution < 1.29 is 23.0 Å². The largest absolute Gasteiger partial charge is 0.495 e. The quantitative estimate of drug-likeness (QED) is 0.395. The van der Waals surface area contributed by atoms with Gasteiger partial charge in [0, 0.05) is 24.8 Å². The van der Waals surface area contributed by atoms with Gasteiger partial charge in [-0.1, -0.05) is 0 Å². The molecule has 0 aliphatic carbocycles. The molecule has 2 aliphatic rings. The first-order valence-electron chi connectivity index (χ1n) is 13.3. The number of ether oxygens (including phenoxy) is 3. The number of nitrogens with zero attached hydrogens (tertiary/aromatic N) is 3. The number of aryl methyl sites for hydroxylation is 1. The van der Waals surface area contributed by atoms with Gasteiger partial charge in [-0.3, -0.25) is 0 Å². The molecule has 39 heavy (non-hydrogen) atoms. The summed E-state index contributed by atoms with van der Waals surface area (Å²) < 4.78 is 45.2. The van der Waals surface area contributed by atoms with Crippen LogP contribution in [0.1, 0.15) is 36.8 Å². The summed E-state index contributed by atoms with van der Waals surface area (Å²) in [5.41, 5.74) is 2.42. The molecule has 1 spiro atoms. The third kappa shape index (κ3) is 5.85. The number of aromatic nitrogens is 2. The first-order valence-corrected chi connectivity index (χ1v) is 13.3. The van der Waals surface area contributed by atoms with Crippen molar-refractivity contribution in [1.29, 1.82) is 0 Å². The summed E-state index contributed by atoms with van der Waals surface area (Å²) in [6.07, 6.45) is 7.84. The van der Waals surface area contributed by atoms with E-state index in [2.05, 4.69) is 31.6 Å². The molecule has 0 saturated carbocycles. The lowest BCUT2D eigenvalue weighted by Crippen LogP contribution is -2.45. The lowest BCUT2D eigenvalue weighted by atomic mass is 9.71. The fourth-order valence-electron chi connectivity index (χ4n) is 5.52. The molecule has 2 N–H and O–H groups in total. The highest BCUT2D eigenvalue weighted by Gasteiger charge is 2.36. The van der Waals surface area contributed by atoms with E-state index in [-0.39, 0.29) is 29.2 Å². The number of nitrogens with one attached hydrogen (secondary N) is 2. The van der Waals surface area contributed by atoms with Gasteiger partial charge in [0.15, 0.2) is 17.3 Å². The van der Waals surface area contributed by atoms with Crippen LogP contribution in [0.15, 0.2) is 36.7 Å². The molecule has 3 aromatic rings. The van der Waals surface area contributed by atoms with Gasteiger partial charge in [-0.2, -0.15) is 0 Å². The van der Waals surface area contributed by atoms with Crippen molar-refractivity contribution in [2.24, 2.45) is 5.41 Å². The highest BCUT2D eigenvalue weighted by atomic mass is 19.1. The van der Waals surface area contributed by atoms with Crippen LogP contribution in [0.2, 0.25) is 0 Å². The van der Waals surface area contributed by atoms with Crippen LogP contribution in [0.5, 0.6) is 17.2 Å². The standard InChI is InChI=1S/C29H35F2N5O3/c1-19-14-25(38-3)27(31)22(26(19)30)18-39-21-16-33-28(34-17-21)35-20-4-5-23(24(15-20)37-2)36-12-8-29(9-13-36)6-10-32-11-7-29/h4-5,14-17,32H,6-13,18H2,1-3H3,(H,33,34,35). The summed E-state index contributed by atoms with van der Waals surface area (Å²) in [6.45, 7) is 5.52. The predicted molar refractivity (Wildman–Crippen MR) is 146 cm³/mol. The van der Waals surface area contributed by atoms with E-state index in [0.29, 0.717) is 11.4 Å². The van der Waals surface area contributed by atoms with E-state index >= 15 is 0 Å². The normalized spacial score (nSPS) is 16.7. The second kappa shape index (κ2) is 11.6. The average Bonchev–Trinajstić information content (AvgIpc) is 2.96. The van der Waals surface area contributed by atoms with E-state index < -0.39 is 11.6 Å². The van der Waals surface area contributed by atoms with Gasteiger partial charge in [-0.05, 0) is 74.9 Å². The SMILES string of the molecule is COc1cc(Nc2ncc(OCc3c(F)c(C)cc(OC)c3F)cn2)ccc1N1CCC2(CCNCC2)CC1. The molecule has 0 unspecified atom stereocenters. The highest BCUT2D eigenvalue weighted by Crippen LogP contribution is 2.42. The third-order valence-corrected chi connectivity index (χ3v) is 7.94. The van der Waals surface area contributed by atoms with Crippen LogP contribution in [0.3, 0.4) is 0 Å². The summed E-state index contributed by atoms with van der Waals surface area (Å²) in [5.74, 6) is -0.0516. The molecule has 0 amide bonds. The summed E-state index contributed by atoms with van der Waals surface area (Å²) in [6, 6.07) is 7.31. The molecule has 2 aliphatic heterocycles. The first kappa shape index (κ1) is 26.9. The minimum absolute atomic E-state index is 0.0317. The van der Waals surface area contributed by atoms with Crippen LogP contribution < -0.4 is 29.7 Å². The molecule has 0 atom stereocenters. The van der Waals surface area contributed by atoms with Gasteiger partial charge in [-0.15, -0.1) is 0 Å². The first-order chi connectivity index (χ1) is 18.9. The van der Waals surface area contributed by atoms with Crippen molar-refractivity contribution in [3.8, 4) is 17.2 Å². The molecule has 0 radical (unpaired) electrons. The Labute approximate surface area is 227 Å². The van der Waals surface area contributed by atoms with Gasteiger partial charge >= 0.3 is 0 Å². The Bertz CT molecular complexity index is 1290. The molecular formula is C29H35F2N5O3. The minimum Gasteiger partial charge on any atom is -0.495 e. The number of rotatable bonds is 8. The lowest BCUT2D eigenvalue weighted by molar-refractivity contribution is 0.154. The molecule has 8 nitrogen and oxygen atoms in total. The van der Waals surface area contributed by atoms with E-state index in [4.69, 9.17) is 14.2 Å². The summed E-state index contributed by atoms with van der Waals surface area (Å²) >= 11 is 0. The summed E-state index contributed by atoms with van der Waals surface area (Å²) in [5, 5.41) is 6.66. The maximum absolute atomic E-state index is 14.5. The van der Waals surface area contributed by atoms with Gasteiger partial charge < -0.3 is 29.7 Å². The number of piperidine rings is 2. The number of anilines is 3. The average molecular weight is 540 g/mol. The number of hydrogen-bond acceptors (Lipinski definition) is 8. The predicted octanol–water partition coefficient (Wildman–Crippen LogP) is 5.37. The van der Waals surface area contributed by atoms with Gasteiger partial charge in [0.05, 0.1) is 37.9 Å². The number of hydrogen-bond donors (Lipinski definition) is 2. The molecule has 3 heterocycles. The van der Waals surface area contributed by atoms with Crippen molar-refractivity contribution in [3.05, 3.63) is 59.4 Å². The molecule has 2 saturated heterocycles. The van der Waals surface area contributed by atoms with Crippen LogP contribution in [0, 0.1) is 24.0 Å². The smallest absolute Gasteiger partial charge is 0.227 e. The highest BCUT2D eigenvalue weighted by molar-refractivity contribution is 5.67. The van der Waals surface area contributed by atoms with Gasteiger partial charge in [-0.25, -0.2) is 18.7 Å². The van der Waals surface area contributed by atoms with Crippen molar-refractivity contribution >= 4 is 17.3 Å². The monoisotopic (exact) mass is 539 g/mol. The fraction of sp³-hybridized carbons (Fsp3) is 0.448. The van der Waals surface area contributed by atoms with Gasteiger partial charge in [0.1, 0.15) is 18.2 Å². The minimum atomic E-state index is -0.785. The molecule has 1 aromatic heterocycles. The Morgan fingerprint density at radius 1 is 0.949 bits per heavy atom. The maximum atomic E-state index is 14.5. The zero-order valence-corrected chi connectivity index (χ0v) is 22.7. The Hall–Kier alpha value is -3.66. The maximum Gasteiger partial charge on any atom is 0.227 e. The van der Waals surface area contributed by atoms with Crippen LogP contribution >= 0.6 is 0 Å². The Morgan fingerprint density at radius 3 is 2.31 bits per heavy atom. The van der Waals surface area contributed by atoms with Crippen LogP contribution in [0.25, 0.3) is 0 Å². The molecule has 2 aromatic carbocycles. The molecule has 10 heteroatoms. The lowest BCUT2D eigenvalue weighted by Gasteiger charge is -2.45. The van der Waals surface area contributed by atoms with E-state index in [0.717, 1.165) is 43.3 Å². The fourth-order valence-corrected chi connectivity index (χ4v) is 5.52. The second-order valence-corrected chi connectivity index (χ2v) is 10.3. The van der Waals surface area contributed by atoms with Gasteiger partial charge in [0.25, 0.3) is 0 Å². The number of benzene rings is 2. The van der Waals surface area contributed by atoms with Crippen LogP contribution in [-0.4, -0.2) is 50.4 Å². The Kier molecular flexibility index (Phi) is 8.02. The summed E-state index contributed by atoms with van der Waals surface area (Å²) in [4.78, 5) is 11.0. The third-order valence-electron chi connectivity index (χ3n) is 7.94. The molecule has 5 rings (SSSR count). The zero-order valence-electron chi connectivity index (χ0n) is 22.7. The molecule has 2 fully saturated rings. The van der Waals surface area contributed by atoms with Crippen molar-refractivity contribution in [2.45, 2.75) is 39.2 Å². The summed E-state index contributed by atoms with van der Waals surface area (Å²) in [7, 11) is 3.01. The molecule has 0 bridgehead atoms. The Morgan fingerprint density at radius 2 is 1.64 bits per heavy atom. The second-order valence-electron chi connectivity index (χ2n) is 10.3. The van der Waals surface area contributed by atoms with Crippen molar-refractivity contribution in [2.75, 3.05) is 50.6 Å². The van der Waals surface area contributed by atoms with Crippen molar-refractivity contribution in [1.82, 2.24) is 15.3 Å². The number of methoxy groups -OCH3 is 2. The van der Waals surface area contributed by atoms with Crippen LogP contribution in [-0.2, 0) is 6.61 Å². The van der Waals surface area contributed by atoms with E-state index in [1.165, 1.54) is 51.3 Å². The van der Waals surface area contributed by atoms with E-state index in [9.17, 15) is 8.78 Å².